The number of hydrogen-bond acceptors (Lipinski definition) is 6. The number of halogens is 1. The summed E-state index contributed by atoms with van der Waals surface area (Å²) in [6, 6.07) is 5.15. The van der Waals surface area contributed by atoms with E-state index in [1.165, 1.54) is 11.3 Å². The first-order valence-electron chi connectivity index (χ1n) is 7.11. The van der Waals surface area contributed by atoms with Gasteiger partial charge in [-0.1, -0.05) is 5.16 Å². The third-order valence-electron chi connectivity index (χ3n) is 3.55. The van der Waals surface area contributed by atoms with Gasteiger partial charge in [-0.3, -0.25) is 4.79 Å². The normalized spacial score (nSPS) is 14.2. The van der Waals surface area contributed by atoms with Crippen LogP contribution in [0.15, 0.2) is 31.8 Å². The summed E-state index contributed by atoms with van der Waals surface area (Å²) in [5, 5.41) is 6.87. The summed E-state index contributed by atoms with van der Waals surface area (Å²) >= 11 is 4.70. The SMILES string of the molecule is Cc1sc(-c2noc(C3CC3)n2)cc1NC(=O)c1ccc(Br)o1. The third kappa shape index (κ3) is 2.96. The fraction of sp³-hybridized carbons (Fsp3) is 0.267. The summed E-state index contributed by atoms with van der Waals surface area (Å²) in [6.07, 6.45) is 2.23. The van der Waals surface area contributed by atoms with Crippen LogP contribution in [0, 0.1) is 6.92 Å². The van der Waals surface area contributed by atoms with Crippen molar-refractivity contribution < 1.29 is 13.7 Å². The van der Waals surface area contributed by atoms with Crippen molar-refractivity contribution in [2.75, 3.05) is 5.32 Å². The predicted molar refractivity (Wildman–Crippen MR) is 88.7 cm³/mol. The largest absolute Gasteiger partial charge is 0.444 e. The van der Waals surface area contributed by atoms with Crippen molar-refractivity contribution in [2.24, 2.45) is 0 Å². The molecule has 0 aliphatic heterocycles. The van der Waals surface area contributed by atoms with E-state index in [4.69, 9.17) is 8.94 Å². The number of carbonyl (C=O) groups is 1. The summed E-state index contributed by atoms with van der Waals surface area (Å²) in [5.74, 6) is 1.65. The van der Waals surface area contributed by atoms with E-state index < -0.39 is 0 Å². The summed E-state index contributed by atoms with van der Waals surface area (Å²) in [7, 11) is 0. The highest BCUT2D eigenvalue weighted by Gasteiger charge is 2.30. The summed E-state index contributed by atoms with van der Waals surface area (Å²) in [4.78, 5) is 18.4. The van der Waals surface area contributed by atoms with Crippen LogP contribution in [0.4, 0.5) is 5.69 Å². The Morgan fingerprint density at radius 3 is 2.96 bits per heavy atom. The van der Waals surface area contributed by atoms with Crippen molar-refractivity contribution in [3.05, 3.63) is 39.4 Å². The topological polar surface area (TPSA) is 81.2 Å². The molecule has 3 heterocycles. The highest BCUT2D eigenvalue weighted by Crippen LogP contribution is 2.40. The maximum absolute atomic E-state index is 12.2. The first-order chi connectivity index (χ1) is 11.1. The van der Waals surface area contributed by atoms with Crippen molar-refractivity contribution in [3.8, 4) is 10.7 Å². The Morgan fingerprint density at radius 2 is 2.26 bits per heavy atom. The van der Waals surface area contributed by atoms with Crippen molar-refractivity contribution in [1.29, 1.82) is 0 Å². The summed E-state index contributed by atoms with van der Waals surface area (Å²) in [5.41, 5.74) is 0.722. The van der Waals surface area contributed by atoms with Crippen molar-refractivity contribution in [2.45, 2.75) is 25.7 Å². The molecule has 1 fully saturated rings. The lowest BCUT2D eigenvalue weighted by atomic mass is 10.3. The van der Waals surface area contributed by atoms with Gasteiger partial charge >= 0.3 is 0 Å². The van der Waals surface area contributed by atoms with Gasteiger partial charge in [-0.15, -0.1) is 11.3 Å². The highest BCUT2D eigenvalue weighted by molar-refractivity contribution is 9.10. The Balaban J connectivity index is 1.55. The van der Waals surface area contributed by atoms with Crippen molar-refractivity contribution in [1.82, 2.24) is 10.1 Å². The number of hydrogen-bond donors (Lipinski definition) is 1. The molecular formula is C15H12BrN3O3S. The molecule has 4 rings (SSSR count). The zero-order valence-corrected chi connectivity index (χ0v) is 14.5. The number of thiophene rings is 1. The van der Waals surface area contributed by atoms with Gasteiger partial charge in [0.1, 0.15) is 0 Å². The summed E-state index contributed by atoms with van der Waals surface area (Å²) in [6.45, 7) is 1.93. The quantitative estimate of drug-likeness (QED) is 0.700. The van der Waals surface area contributed by atoms with Crippen LogP contribution in [-0.4, -0.2) is 16.0 Å². The maximum Gasteiger partial charge on any atom is 0.291 e. The van der Waals surface area contributed by atoms with E-state index in [0.29, 0.717) is 22.3 Å². The Labute approximate surface area is 144 Å². The van der Waals surface area contributed by atoms with Crippen LogP contribution in [-0.2, 0) is 0 Å². The first-order valence-corrected chi connectivity index (χ1v) is 8.72. The summed E-state index contributed by atoms with van der Waals surface area (Å²) < 4.78 is 11.1. The van der Waals surface area contributed by atoms with Crippen LogP contribution in [0.5, 0.6) is 0 Å². The molecule has 1 saturated carbocycles. The van der Waals surface area contributed by atoms with E-state index in [1.54, 1.807) is 12.1 Å². The Hall–Kier alpha value is -1.93. The monoisotopic (exact) mass is 393 g/mol. The van der Waals surface area contributed by atoms with E-state index in [2.05, 4.69) is 31.4 Å². The molecule has 0 radical (unpaired) electrons. The van der Waals surface area contributed by atoms with Crippen LogP contribution in [0.2, 0.25) is 0 Å². The fourth-order valence-corrected chi connectivity index (χ4v) is 3.38. The molecule has 8 heteroatoms. The molecule has 0 aromatic carbocycles. The molecule has 1 amide bonds. The molecule has 1 N–H and O–H groups in total. The number of carbonyl (C=O) groups excluding carboxylic acids is 1. The van der Waals surface area contributed by atoms with Crippen molar-refractivity contribution >= 4 is 38.9 Å². The third-order valence-corrected chi connectivity index (χ3v) is 5.02. The van der Waals surface area contributed by atoms with Gasteiger partial charge in [0.25, 0.3) is 5.91 Å². The minimum atomic E-state index is -0.296. The van der Waals surface area contributed by atoms with Gasteiger partial charge in [-0.05, 0) is 53.9 Å². The zero-order valence-electron chi connectivity index (χ0n) is 12.1. The minimum Gasteiger partial charge on any atom is -0.444 e. The average molecular weight is 394 g/mol. The van der Waals surface area contributed by atoms with Gasteiger partial charge in [-0.25, -0.2) is 0 Å². The van der Waals surface area contributed by atoms with Gasteiger partial charge in [0.15, 0.2) is 10.4 Å². The zero-order chi connectivity index (χ0) is 16.0. The van der Waals surface area contributed by atoms with Crippen LogP contribution in [0.1, 0.15) is 40.1 Å². The van der Waals surface area contributed by atoms with Gasteiger partial charge in [0.05, 0.1) is 10.6 Å². The average Bonchev–Trinajstić information content (AvgIpc) is 2.94. The van der Waals surface area contributed by atoms with Crippen molar-refractivity contribution in [3.63, 3.8) is 0 Å². The molecule has 3 aromatic heterocycles. The van der Waals surface area contributed by atoms with Crippen LogP contribution in [0.25, 0.3) is 10.7 Å². The number of anilines is 1. The van der Waals surface area contributed by atoms with Crippen LogP contribution in [0.3, 0.4) is 0 Å². The molecule has 6 nitrogen and oxygen atoms in total. The highest BCUT2D eigenvalue weighted by atomic mass is 79.9. The van der Waals surface area contributed by atoms with E-state index >= 15 is 0 Å². The molecule has 0 unspecified atom stereocenters. The molecular weight excluding hydrogens is 382 g/mol. The standard InChI is InChI=1S/C15H12BrN3O3S/c1-7-9(17-14(20)10-4-5-12(16)21-10)6-11(23-7)13-18-15(22-19-13)8-2-3-8/h4-6,8H,2-3H2,1H3,(H,17,20). The molecule has 3 aromatic rings. The molecule has 1 aliphatic rings. The molecule has 0 atom stereocenters. The van der Waals surface area contributed by atoms with E-state index in [0.717, 1.165) is 28.3 Å². The number of aromatic nitrogens is 2. The lowest BCUT2D eigenvalue weighted by Gasteiger charge is -2.00. The number of furan rings is 1. The lowest BCUT2D eigenvalue weighted by molar-refractivity contribution is 0.0995. The Morgan fingerprint density at radius 1 is 1.43 bits per heavy atom. The van der Waals surface area contributed by atoms with Gasteiger partial charge in [0, 0.05) is 10.8 Å². The van der Waals surface area contributed by atoms with E-state index in [1.807, 2.05) is 13.0 Å². The number of rotatable bonds is 4. The van der Waals surface area contributed by atoms with Gasteiger partial charge in [-0.2, -0.15) is 4.98 Å². The number of aryl methyl sites for hydroxylation is 1. The van der Waals surface area contributed by atoms with Crippen LogP contribution < -0.4 is 5.32 Å². The minimum absolute atomic E-state index is 0.250. The second-order valence-electron chi connectivity index (χ2n) is 5.37. The smallest absolute Gasteiger partial charge is 0.291 e. The fourth-order valence-electron chi connectivity index (χ4n) is 2.17. The molecule has 0 spiro atoms. The first kappa shape index (κ1) is 14.6. The molecule has 0 saturated heterocycles. The van der Waals surface area contributed by atoms with Gasteiger partial charge < -0.3 is 14.3 Å². The molecule has 0 bridgehead atoms. The molecule has 118 valence electrons. The second-order valence-corrected chi connectivity index (χ2v) is 7.41. The van der Waals surface area contributed by atoms with Gasteiger partial charge in [0.2, 0.25) is 11.7 Å². The Kier molecular flexibility index (Phi) is 3.57. The number of nitrogens with one attached hydrogen (secondary N) is 1. The Bertz CT molecular complexity index is 878. The predicted octanol–water partition coefficient (Wildman–Crippen LogP) is 4.59. The number of amides is 1. The van der Waals surface area contributed by atoms with E-state index in [9.17, 15) is 4.79 Å². The molecule has 23 heavy (non-hydrogen) atoms. The van der Waals surface area contributed by atoms with E-state index in [-0.39, 0.29) is 11.7 Å². The number of nitrogens with zero attached hydrogens (tertiary/aromatic N) is 2. The van der Waals surface area contributed by atoms with Crippen LogP contribution >= 0.6 is 27.3 Å². The second kappa shape index (κ2) is 5.61. The lowest BCUT2D eigenvalue weighted by Crippen LogP contribution is -2.10. The molecule has 1 aliphatic carbocycles. The maximum atomic E-state index is 12.2.